The molecular formula is C15H20N2OS. The molecule has 102 valence electrons. The molecule has 1 heterocycles. The number of rotatable bonds is 6. The second-order valence-corrected chi connectivity index (χ2v) is 6.83. The summed E-state index contributed by atoms with van der Waals surface area (Å²) in [5.74, 6) is 0. The number of aliphatic hydroxyl groups excluding tert-OH is 1. The third kappa shape index (κ3) is 2.96. The summed E-state index contributed by atoms with van der Waals surface area (Å²) in [6.07, 6.45) is 3.27. The molecule has 3 nitrogen and oxygen atoms in total. The standard InChI is InChI=1S/C15H20N2OS/c1-11(16-9-15(10-18)6-7-15)8-14-17-12-4-2-3-5-13(12)19-14/h2-5,11,16,18H,6-10H2,1H3. The third-order valence-electron chi connectivity index (χ3n) is 3.94. The molecule has 1 aliphatic rings. The summed E-state index contributed by atoms with van der Waals surface area (Å²) in [5, 5.41) is 14.0. The average Bonchev–Trinajstić information content (AvgIpc) is 3.09. The van der Waals surface area contributed by atoms with Crippen molar-refractivity contribution in [3.8, 4) is 0 Å². The number of fused-ring (bicyclic) bond motifs is 1. The zero-order valence-electron chi connectivity index (χ0n) is 11.2. The summed E-state index contributed by atoms with van der Waals surface area (Å²) in [6, 6.07) is 8.69. The number of aliphatic hydroxyl groups is 1. The molecule has 3 rings (SSSR count). The Morgan fingerprint density at radius 2 is 2.21 bits per heavy atom. The van der Waals surface area contributed by atoms with Crippen molar-refractivity contribution < 1.29 is 5.11 Å². The van der Waals surface area contributed by atoms with Gasteiger partial charge < -0.3 is 10.4 Å². The Morgan fingerprint density at radius 1 is 1.42 bits per heavy atom. The van der Waals surface area contributed by atoms with E-state index in [-0.39, 0.29) is 5.41 Å². The summed E-state index contributed by atoms with van der Waals surface area (Å²) in [5.41, 5.74) is 1.28. The van der Waals surface area contributed by atoms with Gasteiger partial charge in [0.05, 0.1) is 15.2 Å². The molecule has 2 aromatic rings. The quantitative estimate of drug-likeness (QED) is 0.852. The zero-order chi connectivity index (χ0) is 13.3. The molecule has 0 spiro atoms. The SMILES string of the molecule is CC(Cc1nc2ccccc2s1)NCC1(CO)CC1. The maximum absolute atomic E-state index is 9.30. The normalized spacial score (nSPS) is 18.6. The summed E-state index contributed by atoms with van der Waals surface area (Å²) < 4.78 is 1.26. The van der Waals surface area contributed by atoms with E-state index in [0.717, 1.165) is 31.3 Å². The van der Waals surface area contributed by atoms with Crippen LogP contribution in [0.5, 0.6) is 0 Å². The lowest BCUT2D eigenvalue weighted by molar-refractivity contribution is 0.204. The minimum Gasteiger partial charge on any atom is -0.396 e. The number of nitrogens with zero attached hydrogens (tertiary/aromatic N) is 1. The first-order valence-electron chi connectivity index (χ1n) is 6.89. The van der Waals surface area contributed by atoms with Crippen LogP contribution in [0.3, 0.4) is 0 Å². The predicted octanol–water partition coefficient (Wildman–Crippen LogP) is 2.59. The largest absolute Gasteiger partial charge is 0.396 e. The molecule has 1 aromatic carbocycles. The molecular weight excluding hydrogens is 256 g/mol. The second kappa shape index (κ2) is 5.19. The smallest absolute Gasteiger partial charge is 0.0954 e. The molecule has 4 heteroatoms. The van der Waals surface area contributed by atoms with Crippen molar-refractivity contribution in [3.63, 3.8) is 0 Å². The van der Waals surface area contributed by atoms with E-state index in [4.69, 9.17) is 0 Å². The van der Waals surface area contributed by atoms with Crippen LogP contribution in [0.1, 0.15) is 24.8 Å². The fourth-order valence-electron chi connectivity index (χ4n) is 2.30. The van der Waals surface area contributed by atoms with E-state index in [2.05, 4.69) is 35.4 Å². The van der Waals surface area contributed by atoms with Crippen LogP contribution in [0.25, 0.3) is 10.2 Å². The number of para-hydroxylation sites is 1. The van der Waals surface area contributed by atoms with Gasteiger partial charge in [0, 0.05) is 31.0 Å². The molecule has 0 amide bonds. The first kappa shape index (κ1) is 13.0. The molecule has 1 unspecified atom stereocenters. The lowest BCUT2D eigenvalue weighted by atomic mass is 10.1. The lowest BCUT2D eigenvalue weighted by Gasteiger charge is -2.17. The van der Waals surface area contributed by atoms with Crippen LogP contribution in [-0.4, -0.2) is 29.3 Å². The van der Waals surface area contributed by atoms with E-state index in [0.29, 0.717) is 12.6 Å². The van der Waals surface area contributed by atoms with Gasteiger partial charge in [-0.15, -0.1) is 11.3 Å². The summed E-state index contributed by atoms with van der Waals surface area (Å²) in [6.45, 7) is 3.43. The number of hydrogen-bond acceptors (Lipinski definition) is 4. The summed E-state index contributed by atoms with van der Waals surface area (Å²) in [7, 11) is 0. The van der Waals surface area contributed by atoms with Crippen LogP contribution in [-0.2, 0) is 6.42 Å². The molecule has 0 saturated heterocycles. The van der Waals surface area contributed by atoms with Gasteiger partial charge >= 0.3 is 0 Å². The highest BCUT2D eigenvalue weighted by Gasteiger charge is 2.41. The van der Waals surface area contributed by atoms with Crippen molar-refractivity contribution >= 4 is 21.6 Å². The van der Waals surface area contributed by atoms with Crippen molar-refractivity contribution in [1.82, 2.24) is 10.3 Å². The highest BCUT2D eigenvalue weighted by Crippen LogP contribution is 2.44. The van der Waals surface area contributed by atoms with Crippen molar-refractivity contribution in [2.45, 2.75) is 32.2 Å². The van der Waals surface area contributed by atoms with Crippen molar-refractivity contribution in [2.24, 2.45) is 5.41 Å². The Balaban J connectivity index is 1.58. The third-order valence-corrected chi connectivity index (χ3v) is 5.00. The summed E-state index contributed by atoms with van der Waals surface area (Å²) >= 11 is 1.78. The van der Waals surface area contributed by atoms with Crippen LogP contribution in [0.15, 0.2) is 24.3 Å². The molecule has 1 atom stereocenters. The van der Waals surface area contributed by atoms with Gasteiger partial charge in [-0.2, -0.15) is 0 Å². The molecule has 1 aliphatic carbocycles. The molecule has 19 heavy (non-hydrogen) atoms. The van der Waals surface area contributed by atoms with Crippen LogP contribution in [0.2, 0.25) is 0 Å². The van der Waals surface area contributed by atoms with E-state index in [1.807, 2.05) is 6.07 Å². The molecule has 0 radical (unpaired) electrons. The van der Waals surface area contributed by atoms with E-state index in [1.54, 1.807) is 11.3 Å². The van der Waals surface area contributed by atoms with Gasteiger partial charge in [-0.3, -0.25) is 0 Å². The van der Waals surface area contributed by atoms with Gasteiger partial charge in [-0.05, 0) is 31.9 Å². The first-order valence-corrected chi connectivity index (χ1v) is 7.71. The number of hydrogen-bond donors (Lipinski definition) is 2. The fraction of sp³-hybridized carbons (Fsp3) is 0.533. The van der Waals surface area contributed by atoms with Crippen molar-refractivity contribution in [1.29, 1.82) is 0 Å². The van der Waals surface area contributed by atoms with Gasteiger partial charge in [0.15, 0.2) is 0 Å². The topological polar surface area (TPSA) is 45.2 Å². The van der Waals surface area contributed by atoms with Gasteiger partial charge in [-0.25, -0.2) is 4.98 Å². The first-order chi connectivity index (χ1) is 9.21. The summed E-state index contributed by atoms with van der Waals surface area (Å²) in [4.78, 5) is 4.66. The maximum Gasteiger partial charge on any atom is 0.0954 e. The minimum atomic E-state index is 0.182. The number of thiazole rings is 1. The average molecular weight is 276 g/mol. The molecule has 0 aliphatic heterocycles. The highest BCUT2D eigenvalue weighted by molar-refractivity contribution is 7.18. The Kier molecular flexibility index (Phi) is 3.56. The van der Waals surface area contributed by atoms with Crippen LogP contribution < -0.4 is 5.32 Å². The van der Waals surface area contributed by atoms with Gasteiger partial charge in [-0.1, -0.05) is 12.1 Å². The van der Waals surface area contributed by atoms with Gasteiger partial charge in [0.2, 0.25) is 0 Å². The monoisotopic (exact) mass is 276 g/mol. The van der Waals surface area contributed by atoms with Crippen molar-refractivity contribution in [3.05, 3.63) is 29.3 Å². The number of nitrogens with one attached hydrogen (secondary N) is 1. The minimum absolute atomic E-state index is 0.182. The maximum atomic E-state index is 9.30. The Morgan fingerprint density at radius 3 is 2.89 bits per heavy atom. The fourth-order valence-corrected chi connectivity index (χ4v) is 3.40. The van der Waals surface area contributed by atoms with Crippen LogP contribution >= 0.6 is 11.3 Å². The Labute approximate surface area is 117 Å². The van der Waals surface area contributed by atoms with E-state index >= 15 is 0 Å². The lowest BCUT2D eigenvalue weighted by Crippen LogP contribution is -2.34. The van der Waals surface area contributed by atoms with Gasteiger partial charge in [0.1, 0.15) is 0 Å². The molecule has 1 saturated carbocycles. The van der Waals surface area contributed by atoms with E-state index in [9.17, 15) is 5.11 Å². The van der Waals surface area contributed by atoms with E-state index in [1.165, 1.54) is 9.71 Å². The molecule has 0 bridgehead atoms. The predicted molar refractivity (Wildman–Crippen MR) is 79.5 cm³/mol. The second-order valence-electron chi connectivity index (χ2n) is 5.72. The molecule has 1 fully saturated rings. The Bertz CT molecular complexity index is 529. The van der Waals surface area contributed by atoms with Crippen LogP contribution in [0, 0.1) is 5.41 Å². The van der Waals surface area contributed by atoms with Crippen LogP contribution in [0.4, 0.5) is 0 Å². The highest BCUT2D eigenvalue weighted by atomic mass is 32.1. The van der Waals surface area contributed by atoms with E-state index < -0.39 is 0 Å². The number of aromatic nitrogens is 1. The van der Waals surface area contributed by atoms with Crippen molar-refractivity contribution in [2.75, 3.05) is 13.2 Å². The number of benzene rings is 1. The molecule has 2 N–H and O–H groups in total. The Hall–Kier alpha value is -0.970. The van der Waals surface area contributed by atoms with Gasteiger partial charge in [0.25, 0.3) is 0 Å². The molecule has 1 aromatic heterocycles. The zero-order valence-corrected chi connectivity index (χ0v) is 12.0.